The summed E-state index contributed by atoms with van der Waals surface area (Å²) >= 11 is 0. The highest BCUT2D eigenvalue weighted by molar-refractivity contribution is 5.32. The summed E-state index contributed by atoms with van der Waals surface area (Å²) in [5.74, 6) is 1.61. The predicted octanol–water partition coefficient (Wildman–Crippen LogP) is 1.73. The third kappa shape index (κ3) is 2.87. The third-order valence-corrected chi connectivity index (χ3v) is 2.75. The second-order valence-corrected chi connectivity index (χ2v) is 4.25. The summed E-state index contributed by atoms with van der Waals surface area (Å²) in [6.45, 7) is 3.45. The Morgan fingerprint density at radius 2 is 2.28 bits per heavy atom. The minimum atomic E-state index is 0.664. The van der Waals surface area contributed by atoms with E-state index >= 15 is 0 Å². The smallest absolute Gasteiger partial charge is 0.225 e. The Kier molecular flexibility index (Phi) is 3.94. The molecule has 0 unspecified atom stereocenters. The number of anilines is 1. The summed E-state index contributed by atoms with van der Waals surface area (Å²) < 4.78 is 5.31. The molecule has 2 heterocycles. The predicted molar refractivity (Wildman–Crippen MR) is 70.3 cm³/mol. The fourth-order valence-electron chi connectivity index (χ4n) is 1.73. The van der Waals surface area contributed by atoms with Crippen molar-refractivity contribution in [3.05, 3.63) is 41.6 Å². The summed E-state index contributed by atoms with van der Waals surface area (Å²) in [6, 6.07) is 3.82. The first kappa shape index (κ1) is 12.6. The fraction of sp³-hybridized carbons (Fsp3) is 0.385. The first-order valence-electron chi connectivity index (χ1n) is 5.91. The Balaban J connectivity index is 2.11. The summed E-state index contributed by atoms with van der Waals surface area (Å²) in [6.07, 6.45) is 3.54. The van der Waals surface area contributed by atoms with Crippen LogP contribution in [0, 0.1) is 6.92 Å². The number of nitrogens with zero attached hydrogens (tertiary/aromatic N) is 3. The van der Waals surface area contributed by atoms with Gasteiger partial charge in [-0.3, -0.25) is 0 Å². The first-order chi connectivity index (χ1) is 8.70. The molecule has 0 radical (unpaired) electrons. The van der Waals surface area contributed by atoms with Crippen LogP contribution in [0.25, 0.3) is 0 Å². The van der Waals surface area contributed by atoms with Crippen molar-refractivity contribution in [1.82, 2.24) is 15.3 Å². The van der Waals surface area contributed by atoms with Gasteiger partial charge in [-0.1, -0.05) is 0 Å². The molecule has 0 aliphatic heterocycles. The SMILES string of the molecule is CNCc1cnc(N(C)Cc2ccco2)nc1C. The molecule has 0 aromatic carbocycles. The average Bonchev–Trinajstić information content (AvgIpc) is 2.84. The Labute approximate surface area is 107 Å². The molecular weight excluding hydrogens is 228 g/mol. The Morgan fingerprint density at radius 1 is 1.44 bits per heavy atom. The quantitative estimate of drug-likeness (QED) is 0.870. The van der Waals surface area contributed by atoms with Crippen LogP contribution in [0.2, 0.25) is 0 Å². The van der Waals surface area contributed by atoms with Crippen molar-refractivity contribution in [3.8, 4) is 0 Å². The monoisotopic (exact) mass is 246 g/mol. The summed E-state index contributed by atoms with van der Waals surface area (Å²) in [5.41, 5.74) is 2.12. The van der Waals surface area contributed by atoms with Gasteiger partial charge in [-0.15, -0.1) is 0 Å². The molecule has 0 spiro atoms. The van der Waals surface area contributed by atoms with Crippen LogP contribution in [0.15, 0.2) is 29.0 Å². The van der Waals surface area contributed by atoms with Crippen molar-refractivity contribution in [2.24, 2.45) is 0 Å². The second kappa shape index (κ2) is 5.64. The summed E-state index contributed by atoms with van der Waals surface area (Å²) in [4.78, 5) is 10.8. The fourth-order valence-corrected chi connectivity index (χ4v) is 1.73. The minimum Gasteiger partial charge on any atom is -0.467 e. The van der Waals surface area contributed by atoms with Crippen molar-refractivity contribution in [3.63, 3.8) is 0 Å². The van der Waals surface area contributed by atoms with E-state index in [1.807, 2.05) is 44.2 Å². The van der Waals surface area contributed by atoms with Crippen molar-refractivity contribution in [2.75, 3.05) is 19.0 Å². The molecule has 2 aromatic heterocycles. The molecule has 0 aliphatic rings. The van der Waals surface area contributed by atoms with Crippen LogP contribution in [0.1, 0.15) is 17.0 Å². The van der Waals surface area contributed by atoms with Gasteiger partial charge in [-0.25, -0.2) is 9.97 Å². The lowest BCUT2D eigenvalue weighted by molar-refractivity contribution is 0.506. The van der Waals surface area contributed by atoms with Crippen LogP contribution in [-0.4, -0.2) is 24.1 Å². The van der Waals surface area contributed by atoms with Crippen molar-refractivity contribution >= 4 is 5.95 Å². The zero-order valence-electron chi connectivity index (χ0n) is 11.0. The highest BCUT2D eigenvalue weighted by atomic mass is 16.3. The average molecular weight is 246 g/mol. The highest BCUT2D eigenvalue weighted by Crippen LogP contribution is 2.13. The van der Waals surface area contributed by atoms with E-state index in [1.54, 1.807) is 6.26 Å². The minimum absolute atomic E-state index is 0.664. The van der Waals surface area contributed by atoms with Gasteiger partial charge in [0.05, 0.1) is 12.8 Å². The molecule has 5 heteroatoms. The number of rotatable bonds is 5. The van der Waals surface area contributed by atoms with Gasteiger partial charge in [0, 0.05) is 31.0 Å². The molecule has 5 nitrogen and oxygen atoms in total. The van der Waals surface area contributed by atoms with Gasteiger partial charge in [-0.2, -0.15) is 0 Å². The molecule has 0 atom stereocenters. The first-order valence-corrected chi connectivity index (χ1v) is 5.91. The molecule has 2 aromatic rings. The molecule has 1 N–H and O–H groups in total. The van der Waals surface area contributed by atoms with E-state index < -0.39 is 0 Å². The molecule has 0 fully saturated rings. The number of hydrogen-bond acceptors (Lipinski definition) is 5. The third-order valence-electron chi connectivity index (χ3n) is 2.75. The maximum atomic E-state index is 5.31. The van der Waals surface area contributed by atoms with Gasteiger partial charge >= 0.3 is 0 Å². The van der Waals surface area contributed by atoms with E-state index in [0.717, 1.165) is 23.6 Å². The van der Waals surface area contributed by atoms with Crippen LogP contribution >= 0.6 is 0 Å². The Bertz CT molecular complexity index is 496. The molecule has 0 saturated carbocycles. The van der Waals surface area contributed by atoms with E-state index in [-0.39, 0.29) is 0 Å². The number of aromatic nitrogens is 2. The lowest BCUT2D eigenvalue weighted by Gasteiger charge is -2.16. The van der Waals surface area contributed by atoms with Crippen molar-refractivity contribution in [2.45, 2.75) is 20.0 Å². The Hall–Kier alpha value is -1.88. The normalized spacial score (nSPS) is 10.6. The largest absolute Gasteiger partial charge is 0.467 e. The van der Waals surface area contributed by atoms with Crippen molar-refractivity contribution in [1.29, 1.82) is 0 Å². The zero-order chi connectivity index (χ0) is 13.0. The van der Waals surface area contributed by atoms with E-state index in [1.165, 1.54) is 0 Å². The molecule has 2 rings (SSSR count). The molecule has 0 amide bonds. The van der Waals surface area contributed by atoms with E-state index in [0.29, 0.717) is 12.5 Å². The van der Waals surface area contributed by atoms with Crippen LogP contribution in [0.4, 0.5) is 5.95 Å². The van der Waals surface area contributed by atoms with Crippen LogP contribution in [0.5, 0.6) is 0 Å². The van der Waals surface area contributed by atoms with Crippen LogP contribution < -0.4 is 10.2 Å². The van der Waals surface area contributed by atoms with Gasteiger partial charge in [-0.05, 0) is 26.1 Å². The van der Waals surface area contributed by atoms with Gasteiger partial charge < -0.3 is 14.6 Å². The summed E-state index contributed by atoms with van der Waals surface area (Å²) in [7, 11) is 3.87. The molecule has 0 aliphatic carbocycles. The lowest BCUT2D eigenvalue weighted by Crippen LogP contribution is -2.20. The zero-order valence-corrected chi connectivity index (χ0v) is 11.0. The van der Waals surface area contributed by atoms with Crippen LogP contribution in [0.3, 0.4) is 0 Å². The molecule has 0 saturated heterocycles. The van der Waals surface area contributed by atoms with Gasteiger partial charge in [0.25, 0.3) is 0 Å². The number of hydrogen-bond donors (Lipinski definition) is 1. The standard InChI is InChI=1S/C13H18N4O/c1-10-11(7-14-2)8-15-13(16-10)17(3)9-12-5-4-6-18-12/h4-6,8,14H,7,9H2,1-3H3. The van der Waals surface area contributed by atoms with E-state index in [4.69, 9.17) is 4.42 Å². The molecule has 0 bridgehead atoms. The number of furan rings is 1. The van der Waals surface area contributed by atoms with Gasteiger partial charge in [0.2, 0.25) is 5.95 Å². The molecule has 18 heavy (non-hydrogen) atoms. The lowest BCUT2D eigenvalue weighted by atomic mass is 10.2. The number of aryl methyl sites for hydroxylation is 1. The van der Waals surface area contributed by atoms with Gasteiger partial charge in [0.15, 0.2) is 0 Å². The maximum Gasteiger partial charge on any atom is 0.225 e. The van der Waals surface area contributed by atoms with Crippen molar-refractivity contribution < 1.29 is 4.42 Å². The van der Waals surface area contributed by atoms with E-state index in [9.17, 15) is 0 Å². The highest BCUT2D eigenvalue weighted by Gasteiger charge is 2.09. The van der Waals surface area contributed by atoms with Gasteiger partial charge in [0.1, 0.15) is 5.76 Å². The topological polar surface area (TPSA) is 54.2 Å². The molecule has 96 valence electrons. The number of nitrogens with one attached hydrogen (secondary N) is 1. The Morgan fingerprint density at radius 3 is 2.89 bits per heavy atom. The van der Waals surface area contributed by atoms with E-state index in [2.05, 4.69) is 15.3 Å². The summed E-state index contributed by atoms with van der Waals surface area (Å²) in [5, 5.41) is 3.10. The maximum absolute atomic E-state index is 5.31. The van der Waals surface area contributed by atoms with Crippen LogP contribution in [-0.2, 0) is 13.1 Å². The second-order valence-electron chi connectivity index (χ2n) is 4.25. The molecular formula is C13H18N4O.